The number of carbonyl (C=O) groups is 1. The van der Waals surface area contributed by atoms with Gasteiger partial charge in [-0.2, -0.15) is 0 Å². The van der Waals surface area contributed by atoms with Crippen LogP contribution in [0.5, 0.6) is 0 Å². The average molecular weight is 215 g/mol. The third-order valence-electron chi connectivity index (χ3n) is 1.93. The molecule has 0 heterocycles. The van der Waals surface area contributed by atoms with E-state index in [-0.39, 0.29) is 12.6 Å². The van der Waals surface area contributed by atoms with Crippen LogP contribution in [0.4, 0.5) is 0 Å². The fraction of sp³-hybridized carbons (Fsp3) is 0.727. The molecule has 0 unspecified atom stereocenters. The first-order valence-electron chi connectivity index (χ1n) is 5.34. The highest BCUT2D eigenvalue weighted by atomic mass is 16.5. The van der Waals surface area contributed by atoms with Crippen LogP contribution in [0.3, 0.4) is 0 Å². The predicted molar refractivity (Wildman–Crippen MR) is 59.6 cm³/mol. The van der Waals surface area contributed by atoms with Crippen LogP contribution < -0.4 is 0 Å². The molecule has 4 nitrogen and oxygen atoms in total. The predicted octanol–water partition coefficient (Wildman–Crippen LogP) is 0.810. The maximum absolute atomic E-state index is 11.2. The minimum atomic E-state index is -0.205. The molecule has 0 aromatic carbocycles. The molecule has 0 atom stereocenters. The van der Waals surface area contributed by atoms with Gasteiger partial charge >= 0.3 is 5.97 Å². The van der Waals surface area contributed by atoms with Gasteiger partial charge in [0.05, 0.1) is 13.2 Å². The minimum absolute atomic E-state index is 0.196. The van der Waals surface area contributed by atoms with Gasteiger partial charge in [-0.25, -0.2) is 0 Å². The van der Waals surface area contributed by atoms with E-state index < -0.39 is 0 Å². The Morgan fingerprint density at radius 3 is 2.80 bits per heavy atom. The third-order valence-corrected chi connectivity index (χ3v) is 1.93. The Morgan fingerprint density at radius 1 is 1.53 bits per heavy atom. The molecule has 0 aromatic heterocycles. The molecule has 0 aliphatic rings. The number of carbonyl (C=O) groups excluding carboxylic acids is 1. The molecule has 0 aromatic rings. The number of aliphatic hydroxyl groups excluding tert-OH is 1. The lowest BCUT2D eigenvalue weighted by Gasteiger charge is -2.18. The standard InChI is InChI=1S/C11H21NO3/c1-3-7-12(8-5-6-9-13)10-11(14)15-4-2/h3,13H,1,4-10H2,2H3. The van der Waals surface area contributed by atoms with Gasteiger partial charge in [0.2, 0.25) is 0 Å². The van der Waals surface area contributed by atoms with Crippen molar-refractivity contribution in [1.29, 1.82) is 0 Å². The molecule has 4 heteroatoms. The molecule has 0 radical (unpaired) electrons. The van der Waals surface area contributed by atoms with Crippen molar-refractivity contribution in [3.63, 3.8) is 0 Å². The van der Waals surface area contributed by atoms with Crippen LogP contribution in [0, 0.1) is 0 Å². The van der Waals surface area contributed by atoms with Crippen molar-refractivity contribution in [2.75, 3.05) is 32.8 Å². The van der Waals surface area contributed by atoms with Gasteiger partial charge in [-0.1, -0.05) is 6.08 Å². The second kappa shape index (κ2) is 9.68. The summed E-state index contributed by atoms with van der Waals surface area (Å²) >= 11 is 0. The van der Waals surface area contributed by atoms with Gasteiger partial charge in [0.15, 0.2) is 0 Å². The first kappa shape index (κ1) is 14.1. The van der Waals surface area contributed by atoms with Gasteiger partial charge in [-0.3, -0.25) is 9.69 Å². The van der Waals surface area contributed by atoms with Gasteiger partial charge in [-0.05, 0) is 26.3 Å². The highest BCUT2D eigenvalue weighted by Crippen LogP contribution is 1.96. The maximum Gasteiger partial charge on any atom is 0.320 e. The molecular formula is C11H21NO3. The summed E-state index contributed by atoms with van der Waals surface area (Å²) in [6.07, 6.45) is 3.40. The molecule has 0 saturated carbocycles. The number of aliphatic hydroxyl groups is 1. The smallest absolute Gasteiger partial charge is 0.320 e. The molecule has 1 N–H and O–H groups in total. The summed E-state index contributed by atoms with van der Waals surface area (Å²) in [5.41, 5.74) is 0. The summed E-state index contributed by atoms with van der Waals surface area (Å²) in [4.78, 5) is 13.2. The van der Waals surface area contributed by atoms with Crippen LogP contribution in [0.1, 0.15) is 19.8 Å². The summed E-state index contributed by atoms with van der Waals surface area (Å²) in [6.45, 7) is 7.79. The van der Waals surface area contributed by atoms with Crippen LogP contribution in [-0.4, -0.2) is 48.8 Å². The van der Waals surface area contributed by atoms with Crippen LogP contribution in [-0.2, 0) is 9.53 Å². The summed E-state index contributed by atoms with van der Waals surface area (Å²) < 4.78 is 4.86. The summed E-state index contributed by atoms with van der Waals surface area (Å²) in [5, 5.41) is 8.64. The van der Waals surface area contributed by atoms with Crippen molar-refractivity contribution in [2.24, 2.45) is 0 Å². The van der Waals surface area contributed by atoms with Crippen molar-refractivity contribution in [1.82, 2.24) is 4.90 Å². The van der Waals surface area contributed by atoms with Gasteiger partial charge in [0.1, 0.15) is 0 Å². The highest BCUT2D eigenvalue weighted by molar-refractivity contribution is 5.71. The fourth-order valence-corrected chi connectivity index (χ4v) is 1.25. The number of esters is 1. The van der Waals surface area contributed by atoms with Crippen LogP contribution in [0.15, 0.2) is 12.7 Å². The number of hydrogen-bond donors (Lipinski definition) is 1. The number of unbranched alkanes of at least 4 members (excludes halogenated alkanes) is 1. The molecule has 0 aliphatic carbocycles. The first-order valence-corrected chi connectivity index (χ1v) is 5.34. The monoisotopic (exact) mass is 215 g/mol. The largest absolute Gasteiger partial charge is 0.465 e. The van der Waals surface area contributed by atoms with Crippen LogP contribution in [0.25, 0.3) is 0 Å². The van der Waals surface area contributed by atoms with E-state index in [0.29, 0.717) is 19.7 Å². The SMILES string of the molecule is C=CCN(CCCCO)CC(=O)OCC. The normalized spacial score (nSPS) is 10.3. The number of rotatable bonds is 9. The number of hydrogen-bond acceptors (Lipinski definition) is 4. The Hall–Kier alpha value is -0.870. The first-order chi connectivity index (χ1) is 7.24. The number of ether oxygens (including phenoxy) is 1. The van der Waals surface area contributed by atoms with Crippen LogP contribution >= 0.6 is 0 Å². The Labute approximate surface area is 91.5 Å². The minimum Gasteiger partial charge on any atom is -0.465 e. The second-order valence-electron chi connectivity index (χ2n) is 3.26. The van der Waals surface area contributed by atoms with Gasteiger partial charge < -0.3 is 9.84 Å². The maximum atomic E-state index is 11.2. The topological polar surface area (TPSA) is 49.8 Å². The summed E-state index contributed by atoms with van der Waals surface area (Å²) in [7, 11) is 0. The van der Waals surface area contributed by atoms with E-state index in [0.717, 1.165) is 19.4 Å². The Bertz CT molecular complexity index is 183. The zero-order valence-electron chi connectivity index (χ0n) is 9.45. The highest BCUT2D eigenvalue weighted by Gasteiger charge is 2.09. The van der Waals surface area contributed by atoms with E-state index >= 15 is 0 Å². The van der Waals surface area contributed by atoms with E-state index in [9.17, 15) is 4.79 Å². The van der Waals surface area contributed by atoms with Gasteiger partial charge in [0.25, 0.3) is 0 Å². The molecule has 0 bridgehead atoms. The fourth-order valence-electron chi connectivity index (χ4n) is 1.25. The quantitative estimate of drug-likeness (QED) is 0.351. The van der Waals surface area contributed by atoms with Crippen molar-refractivity contribution in [3.8, 4) is 0 Å². The van der Waals surface area contributed by atoms with Gasteiger partial charge in [0, 0.05) is 13.2 Å². The van der Waals surface area contributed by atoms with Crippen molar-refractivity contribution in [3.05, 3.63) is 12.7 Å². The molecule has 0 rings (SSSR count). The average Bonchev–Trinajstić information content (AvgIpc) is 2.18. The van der Waals surface area contributed by atoms with E-state index in [4.69, 9.17) is 9.84 Å². The third kappa shape index (κ3) is 8.15. The summed E-state index contributed by atoms with van der Waals surface area (Å²) in [6, 6.07) is 0. The molecule has 0 spiro atoms. The van der Waals surface area contributed by atoms with Crippen LogP contribution in [0.2, 0.25) is 0 Å². The lowest BCUT2D eigenvalue weighted by atomic mass is 10.3. The van der Waals surface area contributed by atoms with E-state index in [1.807, 2.05) is 4.90 Å². The Morgan fingerprint density at radius 2 is 2.27 bits per heavy atom. The van der Waals surface area contributed by atoms with E-state index in [2.05, 4.69) is 6.58 Å². The van der Waals surface area contributed by atoms with Crippen molar-refractivity contribution in [2.45, 2.75) is 19.8 Å². The van der Waals surface area contributed by atoms with E-state index in [1.54, 1.807) is 13.0 Å². The molecule has 0 amide bonds. The second-order valence-corrected chi connectivity index (χ2v) is 3.26. The van der Waals surface area contributed by atoms with Gasteiger partial charge in [-0.15, -0.1) is 6.58 Å². The lowest BCUT2D eigenvalue weighted by molar-refractivity contribution is -0.144. The Balaban J connectivity index is 3.80. The molecule has 88 valence electrons. The molecule has 0 saturated heterocycles. The molecule has 0 fully saturated rings. The van der Waals surface area contributed by atoms with Crippen molar-refractivity contribution < 1.29 is 14.6 Å². The Kier molecular flexibility index (Phi) is 9.11. The zero-order chi connectivity index (χ0) is 11.5. The number of nitrogens with zero attached hydrogens (tertiary/aromatic N) is 1. The molecular weight excluding hydrogens is 194 g/mol. The molecule has 15 heavy (non-hydrogen) atoms. The molecule has 0 aliphatic heterocycles. The zero-order valence-corrected chi connectivity index (χ0v) is 9.45. The summed E-state index contributed by atoms with van der Waals surface area (Å²) in [5.74, 6) is -0.205. The van der Waals surface area contributed by atoms with E-state index in [1.165, 1.54) is 0 Å². The lowest BCUT2D eigenvalue weighted by Crippen LogP contribution is -2.32. The van der Waals surface area contributed by atoms with Crippen molar-refractivity contribution >= 4 is 5.97 Å².